The first-order valence-corrected chi connectivity index (χ1v) is 7.59. The van der Waals surface area contributed by atoms with Gasteiger partial charge in [-0.15, -0.1) is 0 Å². The van der Waals surface area contributed by atoms with Crippen LogP contribution < -0.4 is 5.32 Å². The lowest BCUT2D eigenvalue weighted by Gasteiger charge is -2.43. The van der Waals surface area contributed by atoms with Crippen molar-refractivity contribution in [2.24, 2.45) is 5.92 Å². The van der Waals surface area contributed by atoms with Crippen molar-refractivity contribution in [3.8, 4) is 5.75 Å². The van der Waals surface area contributed by atoms with E-state index >= 15 is 0 Å². The largest absolute Gasteiger partial charge is 0.502 e. The fourth-order valence-corrected chi connectivity index (χ4v) is 3.37. The highest BCUT2D eigenvalue weighted by molar-refractivity contribution is 5.48. The Balaban J connectivity index is 1.91. The zero-order valence-corrected chi connectivity index (χ0v) is 12.0. The van der Waals surface area contributed by atoms with Crippen molar-refractivity contribution in [3.05, 3.63) is 33.9 Å². The summed E-state index contributed by atoms with van der Waals surface area (Å²) in [7, 11) is 0. The van der Waals surface area contributed by atoms with Gasteiger partial charge in [0.05, 0.1) is 4.92 Å². The van der Waals surface area contributed by atoms with Gasteiger partial charge in [-0.05, 0) is 30.4 Å². The van der Waals surface area contributed by atoms with Gasteiger partial charge in [0.15, 0.2) is 5.75 Å². The van der Waals surface area contributed by atoms with Gasteiger partial charge in [0, 0.05) is 38.3 Å². The third-order valence-corrected chi connectivity index (χ3v) is 4.68. The summed E-state index contributed by atoms with van der Waals surface area (Å²) < 4.78 is 0. The molecule has 0 aromatic heterocycles. The molecule has 2 fully saturated rings. The van der Waals surface area contributed by atoms with E-state index in [9.17, 15) is 15.2 Å². The molecule has 2 N–H and O–H groups in total. The van der Waals surface area contributed by atoms with Crippen molar-refractivity contribution in [3.63, 3.8) is 0 Å². The Morgan fingerprint density at radius 1 is 1.33 bits per heavy atom. The Hall–Kier alpha value is -1.66. The first-order chi connectivity index (χ1) is 10.2. The van der Waals surface area contributed by atoms with Crippen LogP contribution >= 0.6 is 0 Å². The average Bonchev–Trinajstić information content (AvgIpc) is 2.44. The van der Waals surface area contributed by atoms with Crippen LogP contribution in [0.4, 0.5) is 5.69 Å². The van der Waals surface area contributed by atoms with Gasteiger partial charge in [0.25, 0.3) is 0 Å². The molecule has 0 amide bonds. The molecule has 21 heavy (non-hydrogen) atoms. The molecule has 1 saturated heterocycles. The zero-order chi connectivity index (χ0) is 14.8. The predicted molar refractivity (Wildman–Crippen MR) is 79.3 cm³/mol. The smallest absolute Gasteiger partial charge is 0.311 e. The first-order valence-electron chi connectivity index (χ1n) is 7.59. The van der Waals surface area contributed by atoms with E-state index in [1.807, 2.05) is 6.07 Å². The lowest BCUT2D eigenvalue weighted by Crippen LogP contribution is -2.47. The van der Waals surface area contributed by atoms with Gasteiger partial charge in [-0.2, -0.15) is 0 Å². The third-order valence-electron chi connectivity index (χ3n) is 4.68. The summed E-state index contributed by atoms with van der Waals surface area (Å²) >= 11 is 0. The number of hydrogen-bond donors (Lipinski definition) is 2. The van der Waals surface area contributed by atoms with Crippen LogP contribution in [0.25, 0.3) is 0 Å². The number of benzene rings is 1. The van der Waals surface area contributed by atoms with Crippen molar-refractivity contribution in [1.29, 1.82) is 0 Å². The van der Waals surface area contributed by atoms with E-state index in [2.05, 4.69) is 10.2 Å². The molecule has 0 bridgehead atoms. The van der Waals surface area contributed by atoms with E-state index in [0.29, 0.717) is 5.92 Å². The highest BCUT2D eigenvalue weighted by Crippen LogP contribution is 2.43. The maximum atomic E-state index is 11.0. The van der Waals surface area contributed by atoms with Crippen molar-refractivity contribution in [2.45, 2.75) is 25.3 Å². The molecule has 3 rings (SSSR count). The fourth-order valence-electron chi connectivity index (χ4n) is 3.37. The molecule has 114 valence electrons. The Morgan fingerprint density at radius 3 is 2.62 bits per heavy atom. The van der Waals surface area contributed by atoms with Crippen molar-refractivity contribution < 1.29 is 10.0 Å². The molecule has 1 aliphatic heterocycles. The van der Waals surface area contributed by atoms with Crippen LogP contribution in [0.1, 0.15) is 30.9 Å². The van der Waals surface area contributed by atoms with Crippen LogP contribution in [0, 0.1) is 16.0 Å². The van der Waals surface area contributed by atoms with Crippen LogP contribution in [0.5, 0.6) is 5.75 Å². The summed E-state index contributed by atoms with van der Waals surface area (Å²) in [6, 6.07) is 5.09. The van der Waals surface area contributed by atoms with E-state index < -0.39 is 4.92 Å². The second kappa shape index (κ2) is 5.99. The molecule has 1 aliphatic carbocycles. The molecule has 1 atom stereocenters. The highest BCUT2D eigenvalue weighted by Gasteiger charge is 2.34. The van der Waals surface area contributed by atoms with Crippen LogP contribution in [0.2, 0.25) is 0 Å². The third kappa shape index (κ3) is 2.87. The average molecular weight is 291 g/mol. The molecule has 0 spiro atoms. The van der Waals surface area contributed by atoms with Gasteiger partial charge < -0.3 is 10.4 Å². The van der Waals surface area contributed by atoms with Gasteiger partial charge in [-0.3, -0.25) is 15.0 Å². The molecule has 2 aliphatic rings. The van der Waals surface area contributed by atoms with E-state index in [-0.39, 0.29) is 17.5 Å². The monoisotopic (exact) mass is 291 g/mol. The number of phenolic OH excluding ortho intramolecular Hbond substituents is 1. The number of nitrogens with one attached hydrogen (secondary N) is 1. The van der Waals surface area contributed by atoms with E-state index in [1.165, 1.54) is 25.3 Å². The number of nitro groups is 1. The van der Waals surface area contributed by atoms with E-state index in [4.69, 9.17) is 0 Å². The number of rotatable bonds is 4. The minimum Gasteiger partial charge on any atom is -0.502 e. The van der Waals surface area contributed by atoms with Crippen LogP contribution in [-0.4, -0.2) is 41.1 Å². The highest BCUT2D eigenvalue weighted by atomic mass is 16.6. The maximum Gasteiger partial charge on any atom is 0.311 e. The second-order valence-corrected chi connectivity index (χ2v) is 5.93. The molecule has 6 heteroatoms. The predicted octanol–water partition coefficient (Wildman–Crippen LogP) is 2.05. The molecule has 1 saturated carbocycles. The lowest BCUT2D eigenvalue weighted by molar-refractivity contribution is -0.386. The number of aromatic hydroxyl groups is 1. The molecule has 1 aromatic carbocycles. The van der Waals surface area contributed by atoms with Gasteiger partial charge in [0.1, 0.15) is 0 Å². The van der Waals surface area contributed by atoms with Crippen molar-refractivity contribution >= 4 is 5.69 Å². The number of hydrogen-bond acceptors (Lipinski definition) is 5. The topological polar surface area (TPSA) is 78.6 Å². The summed E-state index contributed by atoms with van der Waals surface area (Å²) in [5, 5.41) is 24.0. The van der Waals surface area contributed by atoms with Gasteiger partial charge in [-0.1, -0.05) is 12.5 Å². The minimum absolute atomic E-state index is 0.188. The van der Waals surface area contributed by atoms with Crippen LogP contribution in [-0.2, 0) is 0 Å². The van der Waals surface area contributed by atoms with Gasteiger partial charge in [0.2, 0.25) is 0 Å². The summed E-state index contributed by atoms with van der Waals surface area (Å²) in [4.78, 5) is 13.0. The molecule has 0 unspecified atom stereocenters. The van der Waals surface area contributed by atoms with Gasteiger partial charge in [-0.25, -0.2) is 0 Å². The fraction of sp³-hybridized carbons (Fsp3) is 0.600. The molecular formula is C15H21N3O3. The SMILES string of the molecule is O=[N+]([O-])c1cc([C@H](C2CCC2)N2CCNCC2)ccc1O. The zero-order valence-electron chi connectivity index (χ0n) is 12.0. The van der Waals surface area contributed by atoms with Crippen molar-refractivity contribution in [2.75, 3.05) is 26.2 Å². The lowest BCUT2D eigenvalue weighted by atomic mass is 9.76. The molecule has 1 aromatic rings. The second-order valence-electron chi connectivity index (χ2n) is 5.93. The first kappa shape index (κ1) is 14.3. The van der Waals surface area contributed by atoms with Crippen LogP contribution in [0.15, 0.2) is 18.2 Å². The number of nitrogens with zero attached hydrogens (tertiary/aromatic N) is 2. The summed E-state index contributed by atoms with van der Waals surface area (Å²) in [6.45, 7) is 3.86. The maximum absolute atomic E-state index is 11.0. The summed E-state index contributed by atoms with van der Waals surface area (Å²) in [6.07, 6.45) is 3.61. The molecule has 1 heterocycles. The van der Waals surface area contributed by atoms with Crippen molar-refractivity contribution in [1.82, 2.24) is 10.2 Å². The number of piperazine rings is 1. The molecular weight excluding hydrogens is 270 g/mol. The minimum atomic E-state index is -0.506. The summed E-state index contributed by atoms with van der Waals surface area (Å²) in [5.41, 5.74) is 0.776. The Morgan fingerprint density at radius 2 is 2.05 bits per heavy atom. The Kier molecular flexibility index (Phi) is 4.07. The van der Waals surface area contributed by atoms with E-state index in [0.717, 1.165) is 31.7 Å². The Bertz CT molecular complexity index is 525. The van der Waals surface area contributed by atoms with Crippen LogP contribution in [0.3, 0.4) is 0 Å². The summed E-state index contributed by atoms with van der Waals surface area (Å²) in [5.74, 6) is 0.323. The Labute approximate surface area is 123 Å². The molecule has 0 radical (unpaired) electrons. The molecule has 6 nitrogen and oxygen atoms in total. The standard InChI is InChI=1S/C15H21N3O3/c19-14-5-4-12(10-13(14)18(20)21)15(11-2-1-3-11)17-8-6-16-7-9-17/h4-5,10-11,15-16,19H,1-3,6-9H2/t15-/m0/s1. The number of nitro benzene ring substituents is 1. The van der Waals surface area contributed by atoms with E-state index in [1.54, 1.807) is 6.07 Å². The number of phenols is 1. The quantitative estimate of drug-likeness (QED) is 0.655. The van der Waals surface area contributed by atoms with Gasteiger partial charge >= 0.3 is 5.69 Å². The normalized spacial score (nSPS) is 21.7.